The molecule has 7 heteroatoms. The zero-order valence-electron chi connectivity index (χ0n) is 14.2. The summed E-state index contributed by atoms with van der Waals surface area (Å²) in [4.78, 5) is 3.84. The predicted molar refractivity (Wildman–Crippen MR) is 91.0 cm³/mol. The molecule has 0 radical (unpaired) electrons. The normalized spacial score (nSPS) is 14.8. The van der Waals surface area contributed by atoms with E-state index in [-0.39, 0.29) is 18.7 Å². The SMILES string of the molecule is CC(OCc1ccccc1)C(O)(Cn1cncn1)c1ccc(F)cc1F. The average Bonchev–Trinajstić information content (AvgIpc) is 3.13. The van der Waals surface area contributed by atoms with Crippen molar-refractivity contribution < 1.29 is 18.6 Å². The van der Waals surface area contributed by atoms with Crippen molar-refractivity contribution in [3.05, 3.63) is 83.9 Å². The van der Waals surface area contributed by atoms with Gasteiger partial charge in [-0.15, -0.1) is 0 Å². The molecule has 0 fully saturated rings. The molecule has 0 aliphatic carbocycles. The fourth-order valence-electron chi connectivity index (χ4n) is 2.77. The topological polar surface area (TPSA) is 60.2 Å². The lowest BCUT2D eigenvalue weighted by atomic mass is 9.88. The van der Waals surface area contributed by atoms with Crippen LogP contribution in [0, 0.1) is 11.6 Å². The second kappa shape index (κ2) is 7.72. The average molecular weight is 359 g/mol. The van der Waals surface area contributed by atoms with Crippen LogP contribution in [-0.4, -0.2) is 26.0 Å². The van der Waals surface area contributed by atoms with Crippen molar-refractivity contribution in [2.45, 2.75) is 31.8 Å². The summed E-state index contributed by atoms with van der Waals surface area (Å²) in [6.07, 6.45) is 1.93. The third-order valence-electron chi connectivity index (χ3n) is 4.28. The Labute approximate surface area is 149 Å². The highest BCUT2D eigenvalue weighted by Crippen LogP contribution is 2.32. The Morgan fingerprint density at radius 2 is 1.96 bits per heavy atom. The molecule has 0 aliphatic heterocycles. The van der Waals surface area contributed by atoms with Crippen LogP contribution in [0.4, 0.5) is 8.78 Å². The van der Waals surface area contributed by atoms with Crippen molar-refractivity contribution >= 4 is 0 Å². The molecule has 26 heavy (non-hydrogen) atoms. The van der Waals surface area contributed by atoms with E-state index < -0.39 is 23.3 Å². The zero-order chi connectivity index (χ0) is 18.6. The summed E-state index contributed by atoms with van der Waals surface area (Å²) in [6, 6.07) is 12.5. The number of aliphatic hydroxyl groups is 1. The number of aromatic nitrogens is 3. The maximum absolute atomic E-state index is 14.4. The van der Waals surface area contributed by atoms with Crippen LogP contribution in [0.2, 0.25) is 0 Å². The van der Waals surface area contributed by atoms with Crippen LogP contribution < -0.4 is 0 Å². The van der Waals surface area contributed by atoms with E-state index in [4.69, 9.17) is 4.74 Å². The highest BCUT2D eigenvalue weighted by atomic mass is 19.1. The Balaban J connectivity index is 1.88. The van der Waals surface area contributed by atoms with E-state index in [1.807, 2.05) is 30.3 Å². The van der Waals surface area contributed by atoms with Crippen LogP contribution in [0.1, 0.15) is 18.1 Å². The third kappa shape index (κ3) is 3.95. The summed E-state index contributed by atoms with van der Waals surface area (Å²) < 4.78 is 34.9. The molecular formula is C19H19F2N3O2. The molecule has 1 heterocycles. The molecule has 2 unspecified atom stereocenters. The van der Waals surface area contributed by atoms with E-state index in [1.54, 1.807) is 6.92 Å². The van der Waals surface area contributed by atoms with Crippen molar-refractivity contribution in [2.24, 2.45) is 0 Å². The number of rotatable bonds is 7. The summed E-state index contributed by atoms with van der Waals surface area (Å²) in [5, 5.41) is 15.3. The highest BCUT2D eigenvalue weighted by molar-refractivity contribution is 5.26. The second-order valence-electron chi connectivity index (χ2n) is 6.08. The molecule has 1 aromatic heterocycles. The lowest BCUT2D eigenvalue weighted by Gasteiger charge is -2.34. The molecule has 0 saturated heterocycles. The fourth-order valence-corrected chi connectivity index (χ4v) is 2.77. The highest BCUT2D eigenvalue weighted by Gasteiger charge is 2.40. The first-order valence-electron chi connectivity index (χ1n) is 8.15. The minimum Gasteiger partial charge on any atom is -0.380 e. The Bertz CT molecular complexity index is 843. The van der Waals surface area contributed by atoms with Crippen molar-refractivity contribution in [1.29, 1.82) is 0 Å². The molecule has 0 amide bonds. The monoisotopic (exact) mass is 359 g/mol. The molecule has 5 nitrogen and oxygen atoms in total. The molecule has 2 atom stereocenters. The quantitative estimate of drug-likeness (QED) is 0.704. The van der Waals surface area contributed by atoms with Gasteiger partial charge in [0.05, 0.1) is 19.3 Å². The minimum atomic E-state index is -1.76. The summed E-state index contributed by atoms with van der Waals surface area (Å²) in [5.74, 6) is -1.56. The Hall–Kier alpha value is -2.64. The van der Waals surface area contributed by atoms with E-state index in [2.05, 4.69) is 10.1 Å². The predicted octanol–water partition coefficient (Wildman–Crippen LogP) is 3.05. The van der Waals surface area contributed by atoms with Crippen LogP contribution in [-0.2, 0) is 23.5 Å². The van der Waals surface area contributed by atoms with E-state index in [0.29, 0.717) is 0 Å². The number of hydrogen-bond donors (Lipinski definition) is 1. The number of halogens is 2. The minimum absolute atomic E-state index is 0.0602. The molecule has 3 aromatic rings. The summed E-state index contributed by atoms with van der Waals surface area (Å²) >= 11 is 0. The zero-order valence-corrected chi connectivity index (χ0v) is 14.2. The number of hydrogen-bond acceptors (Lipinski definition) is 4. The van der Waals surface area contributed by atoms with Crippen molar-refractivity contribution in [1.82, 2.24) is 14.8 Å². The van der Waals surface area contributed by atoms with E-state index >= 15 is 0 Å². The summed E-state index contributed by atoms with van der Waals surface area (Å²) in [6.45, 7) is 1.79. The smallest absolute Gasteiger partial charge is 0.138 e. The largest absolute Gasteiger partial charge is 0.380 e. The molecular weight excluding hydrogens is 340 g/mol. The van der Waals surface area contributed by atoms with E-state index in [1.165, 1.54) is 23.4 Å². The van der Waals surface area contributed by atoms with Crippen LogP contribution in [0.25, 0.3) is 0 Å². The maximum Gasteiger partial charge on any atom is 0.138 e. The second-order valence-corrected chi connectivity index (χ2v) is 6.08. The van der Waals surface area contributed by atoms with Gasteiger partial charge in [-0.2, -0.15) is 5.10 Å². The van der Waals surface area contributed by atoms with Crippen LogP contribution in [0.3, 0.4) is 0 Å². The van der Waals surface area contributed by atoms with Crippen molar-refractivity contribution in [3.63, 3.8) is 0 Å². The van der Waals surface area contributed by atoms with E-state index in [0.717, 1.165) is 17.7 Å². The molecule has 3 rings (SSSR count). The Morgan fingerprint density at radius 3 is 2.62 bits per heavy atom. The van der Waals surface area contributed by atoms with Crippen LogP contribution in [0.5, 0.6) is 0 Å². The molecule has 1 N–H and O–H groups in total. The van der Waals surface area contributed by atoms with Crippen molar-refractivity contribution in [2.75, 3.05) is 0 Å². The fraction of sp³-hybridized carbons (Fsp3) is 0.263. The maximum atomic E-state index is 14.4. The van der Waals surface area contributed by atoms with Gasteiger partial charge in [-0.3, -0.25) is 0 Å². The van der Waals surface area contributed by atoms with Gasteiger partial charge in [-0.05, 0) is 18.6 Å². The lowest BCUT2D eigenvalue weighted by molar-refractivity contribution is -0.124. The molecule has 0 bridgehead atoms. The van der Waals surface area contributed by atoms with Gasteiger partial charge in [0, 0.05) is 11.6 Å². The molecule has 2 aromatic carbocycles. The van der Waals surface area contributed by atoms with Gasteiger partial charge in [-0.25, -0.2) is 18.4 Å². The molecule has 0 saturated carbocycles. The van der Waals surface area contributed by atoms with Gasteiger partial charge in [0.1, 0.15) is 29.9 Å². The number of ether oxygens (including phenoxy) is 1. The summed E-state index contributed by atoms with van der Waals surface area (Å²) in [5.41, 5.74) is -0.905. The Kier molecular flexibility index (Phi) is 5.39. The third-order valence-corrected chi connectivity index (χ3v) is 4.28. The first kappa shape index (κ1) is 18.2. The standard InChI is InChI=1S/C19H19F2N3O2/c1-14(26-10-15-5-3-2-4-6-15)19(25,11-24-13-22-12-23-24)17-8-7-16(20)9-18(17)21/h2-9,12-14,25H,10-11H2,1H3. The first-order valence-corrected chi connectivity index (χ1v) is 8.15. The lowest BCUT2D eigenvalue weighted by Crippen LogP contribution is -2.44. The summed E-state index contributed by atoms with van der Waals surface area (Å²) in [7, 11) is 0. The van der Waals surface area contributed by atoms with Gasteiger partial charge < -0.3 is 9.84 Å². The molecule has 0 spiro atoms. The first-order chi connectivity index (χ1) is 12.5. The van der Waals surface area contributed by atoms with Gasteiger partial charge in [0.25, 0.3) is 0 Å². The van der Waals surface area contributed by atoms with Gasteiger partial charge in [-0.1, -0.05) is 36.4 Å². The Morgan fingerprint density at radius 1 is 1.19 bits per heavy atom. The van der Waals surface area contributed by atoms with Gasteiger partial charge in [0.2, 0.25) is 0 Å². The van der Waals surface area contributed by atoms with Crippen LogP contribution >= 0.6 is 0 Å². The van der Waals surface area contributed by atoms with E-state index in [9.17, 15) is 13.9 Å². The van der Waals surface area contributed by atoms with Crippen LogP contribution in [0.15, 0.2) is 61.2 Å². The van der Waals surface area contributed by atoms with Gasteiger partial charge >= 0.3 is 0 Å². The molecule has 136 valence electrons. The number of nitrogens with zero attached hydrogens (tertiary/aromatic N) is 3. The van der Waals surface area contributed by atoms with Crippen molar-refractivity contribution in [3.8, 4) is 0 Å². The van der Waals surface area contributed by atoms with Gasteiger partial charge in [0.15, 0.2) is 0 Å². The molecule has 0 aliphatic rings. The number of benzene rings is 2.